The van der Waals surface area contributed by atoms with Gasteiger partial charge in [0.25, 0.3) is 0 Å². The molecule has 9 heteroatoms. The van der Waals surface area contributed by atoms with Crippen molar-refractivity contribution in [2.24, 2.45) is 11.5 Å². The molecule has 172 valence electrons. The molecule has 0 saturated carbocycles. The summed E-state index contributed by atoms with van der Waals surface area (Å²) < 4.78 is 7.96. The topological polar surface area (TPSA) is 129 Å². The summed E-state index contributed by atoms with van der Waals surface area (Å²) in [5.41, 5.74) is 17.5. The van der Waals surface area contributed by atoms with Gasteiger partial charge in [0.2, 0.25) is 0 Å². The Kier molecular flexibility index (Phi) is 4.67. The number of carboxylic acid groups (broad SMARTS) is 1. The van der Waals surface area contributed by atoms with Crippen LogP contribution < -0.4 is 16.2 Å². The number of halogens is 1. The predicted molar refractivity (Wildman–Crippen MR) is 127 cm³/mol. The molecule has 6 rings (SSSR count). The molecule has 0 radical (unpaired) electrons. The zero-order valence-electron chi connectivity index (χ0n) is 18.1. The number of hydrogen-bond acceptors (Lipinski definition) is 6. The maximum absolute atomic E-state index is 11.8. The predicted octanol–water partition coefficient (Wildman–Crippen LogP) is 3.56. The van der Waals surface area contributed by atoms with Crippen molar-refractivity contribution >= 4 is 28.5 Å². The number of fused-ring (bicyclic) bond motifs is 1. The molecular formula is C25H22ClN5O3. The van der Waals surface area contributed by atoms with E-state index in [4.69, 9.17) is 27.8 Å². The maximum atomic E-state index is 11.8. The van der Waals surface area contributed by atoms with Gasteiger partial charge in [0.05, 0.1) is 40.8 Å². The summed E-state index contributed by atoms with van der Waals surface area (Å²) in [4.78, 5) is 20.1. The molecule has 8 nitrogen and oxygen atoms in total. The Morgan fingerprint density at radius 1 is 1.26 bits per heavy atom. The van der Waals surface area contributed by atoms with Gasteiger partial charge in [-0.3, -0.25) is 0 Å². The third-order valence-corrected chi connectivity index (χ3v) is 7.43. The number of nitrogens with two attached hydrogens (primary N) is 2. The van der Waals surface area contributed by atoms with Crippen molar-refractivity contribution < 1.29 is 14.6 Å². The Morgan fingerprint density at radius 2 is 2.06 bits per heavy atom. The molecule has 0 bridgehead atoms. The van der Waals surface area contributed by atoms with Crippen LogP contribution in [0.3, 0.4) is 0 Å². The summed E-state index contributed by atoms with van der Waals surface area (Å²) in [5.74, 6) is -0.625. The van der Waals surface area contributed by atoms with Crippen LogP contribution in [0.2, 0.25) is 5.02 Å². The third-order valence-electron chi connectivity index (χ3n) is 7.13. The van der Waals surface area contributed by atoms with Gasteiger partial charge in [0, 0.05) is 40.5 Å². The molecule has 3 heterocycles. The fourth-order valence-corrected chi connectivity index (χ4v) is 5.92. The first-order chi connectivity index (χ1) is 16.4. The highest BCUT2D eigenvalue weighted by Crippen LogP contribution is 2.58. The minimum absolute atomic E-state index is 0.138. The number of carbonyl (C=O) groups is 1. The van der Waals surface area contributed by atoms with Crippen molar-refractivity contribution in [2.75, 3.05) is 6.61 Å². The number of aromatic carboxylic acids is 1. The van der Waals surface area contributed by atoms with Crippen molar-refractivity contribution in [3.8, 4) is 5.75 Å². The second-order valence-electron chi connectivity index (χ2n) is 8.92. The largest absolute Gasteiger partial charge is 0.493 e. The van der Waals surface area contributed by atoms with Crippen LogP contribution >= 0.6 is 11.6 Å². The van der Waals surface area contributed by atoms with Gasteiger partial charge in [-0.2, -0.15) is 0 Å². The van der Waals surface area contributed by atoms with Gasteiger partial charge in [0.1, 0.15) is 12.1 Å². The number of hydrogen-bond donors (Lipinski definition) is 3. The Bertz CT molecular complexity index is 1450. The zero-order chi connectivity index (χ0) is 23.6. The first kappa shape index (κ1) is 21.1. The van der Waals surface area contributed by atoms with Gasteiger partial charge in [-0.1, -0.05) is 23.7 Å². The van der Waals surface area contributed by atoms with Crippen LogP contribution in [0.4, 0.5) is 0 Å². The molecule has 2 aromatic carbocycles. The van der Waals surface area contributed by atoms with Crippen LogP contribution in [0.5, 0.6) is 5.75 Å². The highest BCUT2D eigenvalue weighted by atomic mass is 35.5. The molecule has 1 aliphatic carbocycles. The highest BCUT2D eigenvalue weighted by molar-refractivity contribution is 6.35. The standard InChI is InChI=1S/C25H22ClN5O3/c26-18-3-1-2-14-8-20(31(22(14)18)11-13-9-29-12-30-10-13)25(28)17-4-5-34-19-7-15(24(32)33)6-16(21(17)19)23(25)27/h1-3,6-10,12,17,23H,4-5,11,27-28H2,(H,32,33)/t17?,23?,25-/m0/s1. The van der Waals surface area contributed by atoms with E-state index in [0.717, 1.165) is 27.7 Å². The molecule has 1 aliphatic heterocycles. The number of para-hydroxylation sites is 1. The van der Waals surface area contributed by atoms with Crippen molar-refractivity contribution in [1.29, 1.82) is 0 Å². The van der Waals surface area contributed by atoms with E-state index in [0.29, 0.717) is 35.9 Å². The molecule has 2 aromatic heterocycles. The molecule has 0 amide bonds. The van der Waals surface area contributed by atoms with Gasteiger partial charge < -0.3 is 25.9 Å². The van der Waals surface area contributed by atoms with E-state index in [1.807, 2.05) is 24.3 Å². The number of ether oxygens (including phenoxy) is 1. The van der Waals surface area contributed by atoms with E-state index < -0.39 is 17.6 Å². The Balaban J connectivity index is 1.60. The van der Waals surface area contributed by atoms with Gasteiger partial charge in [0.15, 0.2) is 0 Å². The number of aromatic nitrogens is 3. The minimum atomic E-state index is -1.03. The monoisotopic (exact) mass is 475 g/mol. The van der Waals surface area contributed by atoms with Crippen LogP contribution in [-0.2, 0) is 12.1 Å². The van der Waals surface area contributed by atoms with E-state index in [1.54, 1.807) is 24.5 Å². The van der Waals surface area contributed by atoms with E-state index in [9.17, 15) is 9.90 Å². The fraction of sp³-hybridized carbons (Fsp3) is 0.240. The number of benzene rings is 2. The highest BCUT2D eigenvalue weighted by Gasteiger charge is 2.54. The van der Waals surface area contributed by atoms with Crippen molar-refractivity contribution in [1.82, 2.24) is 14.5 Å². The van der Waals surface area contributed by atoms with Gasteiger partial charge in [-0.25, -0.2) is 14.8 Å². The summed E-state index contributed by atoms with van der Waals surface area (Å²) in [6, 6.07) is 10.4. The first-order valence-electron chi connectivity index (χ1n) is 11.0. The minimum Gasteiger partial charge on any atom is -0.493 e. The maximum Gasteiger partial charge on any atom is 0.335 e. The van der Waals surface area contributed by atoms with Gasteiger partial charge in [-0.15, -0.1) is 0 Å². The average Bonchev–Trinajstić information content (AvgIpc) is 3.31. The lowest BCUT2D eigenvalue weighted by molar-refractivity contribution is 0.0696. The molecule has 0 spiro atoms. The summed E-state index contributed by atoms with van der Waals surface area (Å²) in [6.07, 6.45) is 5.68. The Hall–Kier alpha value is -3.46. The SMILES string of the molecule is NC1c2cc(C(=O)O)cc3c2C(CCO3)[C@]1(N)c1cc2cccc(Cl)c2n1Cc1cncnc1. The van der Waals surface area contributed by atoms with E-state index in [-0.39, 0.29) is 11.5 Å². The molecule has 4 aromatic rings. The molecule has 0 saturated heterocycles. The van der Waals surface area contributed by atoms with Crippen molar-refractivity contribution in [3.63, 3.8) is 0 Å². The molecule has 0 fully saturated rings. The van der Waals surface area contributed by atoms with Crippen LogP contribution in [0, 0.1) is 0 Å². The van der Waals surface area contributed by atoms with Crippen LogP contribution in [-0.4, -0.2) is 32.2 Å². The van der Waals surface area contributed by atoms with Gasteiger partial charge >= 0.3 is 5.97 Å². The Morgan fingerprint density at radius 3 is 2.82 bits per heavy atom. The summed E-state index contributed by atoms with van der Waals surface area (Å²) >= 11 is 6.67. The molecule has 2 unspecified atom stereocenters. The number of rotatable bonds is 4. The molecule has 34 heavy (non-hydrogen) atoms. The van der Waals surface area contributed by atoms with Gasteiger partial charge in [-0.05, 0) is 36.2 Å². The smallest absolute Gasteiger partial charge is 0.335 e. The Labute approximate surface area is 200 Å². The van der Waals surface area contributed by atoms with Crippen molar-refractivity contribution in [3.05, 3.63) is 88.1 Å². The number of nitrogens with zero attached hydrogens (tertiary/aromatic N) is 3. The van der Waals surface area contributed by atoms with Crippen LogP contribution in [0.25, 0.3) is 10.9 Å². The number of carboxylic acids is 1. The molecule has 3 atom stereocenters. The third kappa shape index (κ3) is 2.89. The van der Waals surface area contributed by atoms with Crippen LogP contribution in [0.15, 0.2) is 55.1 Å². The van der Waals surface area contributed by atoms with E-state index in [1.165, 1.54) is 6.33 Å². The summed E-state index contributed by atoms with van der Waals surface area (Å²) in [7, 11) is 0. The average molecular weight is 476 g/mol. The lowest BCUT2D eigenvalue weighted by Crippen LogP contribution is -2.49. The van der Waals surface area contributed by atoms with E-state index in [2.05, 4.69) is 14.5 Å². The van der Waals surface area contributed by atoms with Crippen LogP contribution in [0.1, 0.15) is 51.1 Å². The normalized spacial score (nSPS) is 23.0. The second-order valence-corrected chi connectivity index (χ2v) is 9.33. The second kappa shape index (κ2) is 7.53. The lowest BCUT2D eigenvalue weighted by atomic mass is 9.77. The molecule has 5 N–H and O–H groups in total. The molecule has 2 aliphatic rings. The summed E-state index contributed by atoms with van der Waals surface area (Å²) in [6.45, 7) is 0.890. The lowest BCUT2D eigenvalue weighted by Gasteiger charge is -2.38. The zero-order valence-corrected chi connectivity index (χ0v) is 18.9. The first-order valence-corrected chi connectivity index (χ1v) is 11.4. The molecular weight excluding hydrogens is 454 g/mol. The van der Waals surface area contributed by atoms with E-state index >= 15 is 0 Å². The van der Waals surface area contributed by atoms with Crippen molar-refractivity contribution in [2.45, 2.75) is 30.5 Å². The fourth-order valence-electron chi connectivity index (χ4n) is 5.64. The quantitative estimate of drug-likeness (QED) is 0.411. The summed E-state index contributed by atoms with van der Waals surface area (Å²) in [5, 5.41) is 11.2.